The number of thioether (sulfide) groups is 1. The smallest absolute Gasteiger partial charge is 0.416 e. The molecule has 0 bridgehead atoms. The number of nitrogens with zero attached hydrogens (tertiary/aromatic N) is 2. The molecule has 4 aromatic rings. The summed E-state index contributed by atoms with van der Waals surface area (Å²) in [6, 6.07) is 19.6. The van der Waals surface area contributed by atoms with Gasteiger partial charge in [-0.1, -0.05) is 35.5 Å². The van der Waals surface area contributed by atoms with Crippen LogP contribution in [0.15, 0.2) is 84.1 Å². The Labute approximate surface area is 205 Å². The number of halogens is 3. The zero-order valence-electron chi connectivity index (χ0n) is 19.0. The Morgan fingerprint density at radius 1 is 1.06 bits per heavy atom. The van der Waals surface area contributed by atoms with Crippen molar-refractivity contribution in [3.63, 3.8) is 0 Å². The molecule has 0 aliphatic carbocycles. The minimum absolute atomic E-state index is 0.0336. The van der Waals surface area contributed by atoms with E-state index in [1.165, 1.54) is 6.07 Å². The minimum Gasteiger partial charge on any atom is -0.497 e. The SMILES string of the molecule is COc1ccc(-c2cnc(SCC(=O)Nc3ccc(C)cc3)n2-c2cccc(C(F)(F)F)c2)cc1. The van der Waals surface area contributed by atoms with Gasteiger partial charge in [-0.3, -0.25) is 9.36 Å². The molecular formula is C26H22F3N3O2S. The molecule has 3 aromatic carbocycles. The second-order valence-corrected chi connectivity index (χ2v) is 8.68. The molecule has 0 saturated heterocycles. The maximum Gasteiger partial charge on any atom is 0.416 e. The van der Waals surface area contributed by atoms with Gasteiger partial charge in [0, 0.05) is 16.9 Å². The molecule has 35 heavy (non-hydrogen) atoms. The van der Waals surface area contributed by atoms with E-state index in [0.717, 1.165) is 35.0 Å². The number of hydrogen-bond acceptors (Lipinski definition) is 4. The maximum absolute atomic E-state index is 13.4. The van der Waals surface area contributed by atoms with E-state index < -0.39 is 11.7 Å². The first-order chi connectivity index (χ1) is 16.7. The fourth-order valence-corrected chi connectivity index (χ4v) is 4.23. The number of amides is 1. The van der Waals surface area contributed by atoms with Gasteiger partial charge in [0.1, 0.15) is 5.75 Å². The van der Waals surface area contributed by atoms with Crippen LogP contribution in [0.4, 0.5) is 18.9 Å². The third-order valence-electron chi connectivity index (χ3n) is 5.21. The Balaban J connectivity index is 1.66. The zero-order valence-corrected chi connectivity index (χ0v) is 19.8. The number of benzene rings is 3. The quantitative estimate of drug-likeness (QED) is 0.292. The average molecular weight is 498 g/mol. The molecule has 180 valence electrons. The summed E-state index contributed by atoms with van der Waals surface area (Å²) in [5.41, 5.74) is 2.61. The van der Waals surface area contributed by atoms with E-state index in [0.29, 0.717) is 28.0 Å². The molecule has 0 spiro atoms. The highest BCUT2D eigenvalue weighted by atomic mass is 32.2. The topological polar surface area (TPSA) is 56.1 Å². The van der Waals surface area contributed by atoms with Crippen molar-refractivity contribution in [3.05, 3.63) is 90.1 Å². The first-order valence-electron chi connectivity index (χ1n) is 10.6. The Morgan fingerprint density at radius 2 is 1.77 bits per heavy atom. The van der Waals surface area contributed by atoms with Gasteiger partial charge < -0.3 is 10.1 Å². The van der Waals surface area contributed by atoms with Crippen LogP contribution in [0.3, 0.4) is 0 Å². The molecule has 9 heteroatoms. The van der Waals surface area contributed by atoms with Crippen molar-refractivity contribution < 1.29 is 22.7 Å². The fourth-order valence-electron chi connectivity index (χ4n) is 3.44. The normalized spacial score (nSPS) is 11.3. The van der Waals surface area contributed by atoms with Gasteiger partial charge in [-0.05, 0) is 61.5 Å². The van der Waals surface area contributed by atoms with Crippen LogP contribution in [-0.2, 0) is 11.0 Å². The number of rotatable bonds is 7. The van der Waals surface area contributed by atoms with Gasteiger partial charge >= 0.3 is 6.18 Å². The van der Waals surface area contributed by atoms with Crippen molar-refractivity contribution in [1.82, 2.24) is 9.55 Å². The van der Waals surface area contributed by atoms with Crippen LogP contribution in [0, 0.1) is 6.92 Å². The number of carbonyl (C=O) groups excluding carboxylic acids is 1. The van der Waals surface area contributed by atoms with Crippen molar-refractivity contribution in [2.45, 2.75) is 18.3 Å². The van der Waals surface area contributed by atoms with E-state index in [2.05, 4.69) is 10.3 Å². The number of imidazole rings is 1. The van der Waals surface area contributed by atoms with Crippen LogP contribution in [0.1, 0.15) is 11.1 Å². The second kappa shape index (κ2) is 10.3. The third kappa shape index (κ3) is 5.86. The number of methoxy groups -OCH3 is 1. The number of nitrogens with one attached hydrogen (secondary N) is 1. The van der Waals surface area contributed by atoms with E-state index in [4.69, 9.17) is 4.74 Å². The predicted octanol–water partition coefficient (Wildman–Crippen LogP) is 6.61. The van der Waals surface area contributed by atoms with Gasteiger partial charge in [0.15, 0.2) is 5.16 Å². The number of aromatic nitrogens is 2. The summed E-state index contributed by atoms with van der Waals surface area (Å²) in [7, 11) is 1.55. The van der Waals surface area contributed by atoms with Gasteiger partial charge in [0.25, 0.3) is 0 Å². The average Bonchev–Trinajstić information content (AvgIpc) is 3.28. The van der Waals surface area contributed by atoms with E-state index in [1.807, 2.05) is 31.2 Å². The predicted molar refractivity (Wildman–Crippen MR) is 131 cm³/mol. The molecule has 0 aliphatic rings. The Bertz CT molecular complexity index is 1320. The molecular weight excluding hydrogens is 475 g/mol. The van der Waals surface area contributed by atoms with Crippen molar-refractivity contribution in [3.8, 4) is 22.7 Å². The lowest BCUT2D eigenvalue weighted by Crippen LogP contribution is -2.14. The molecule has 0 fully saturated rings. The number of carbonyl (C=O) groups is 1. The summed E-state index contributed by atoms with van der Waals surface area (Å²) in [4.78, 5) is 16.9. The monoisotopic (exact) mass is 497 g/mol. The minimum atomic E-state index is -4.49. The van der Waals surface area contributed by atoms with Gasteiger partial charge in [-0.25, -0.2) is 4.98 Å². The summed E-state index contributed by atoms with van der Waals surface area (Å²) in [5.74, 6) is 0.441. The van der Waals surface area contributed by atoms with Crippen molar-refractivity contribution in [1.29, 1.82) is 0 Å². The van der Waals surface area contributed by atoms with Crippen LogP contribution < -0.4 is 10.1 Å². The highest BCUT2D eigenvalue weighted by molar-refractivity contribution is 7.99. The number of anilines is 1. The van der Waals surface area contributed by atoms with Crippen LogP contribution in [0.25, 0.3) is 16.9 Å². The van der Waals surface area contributed by atoms with Gasteiger partial charge in [0.05, 0.1) is 30.3 Å². The lowest BCUT2D eigenvalue weighted by molar-refractivity contribution is -0.137. The molecule has 4 rings (SSSR count). The van der Waals surface area contributed by atoms with Crippen LogP contribution in [-0.4, -0.2) is 28.3 Å². The fraction of sp³-hybridized carbons (Fsp3) is 0.154. The molecule has 0 saturated carbocycles. The van der Waals surface area contributed by atoms with Crippen LogP contribution in [0.5, 0.6) is 5.75 Å². The summed E-state index contributed by atoms with van der Waals surface area (Å²) >= 11 is 1.14. The van der Waals surface area contributed by atoms with Crippen LogP contribution >= 0.6 is 11.8 Å². The first kappa shape index (κ1) is 24.4. The summed E-state index contributed by atoms with van der Waals surface area (Å²) < 4.78 is 47.0. The second-order valence-electron chi connectivity index (χ2n) is 7.74. The largest absolute Gasteiger partial charge is 0.497 e. The number of aryl methyl sites for hydroxylation is 1. The van der Waals surface area contributed by atoms with Crippen molar-refractivity contribution in [2.24, 2.45) is 0 Å². The van der Waals surface area contributed by atoms with E-state index in [9.17, 15) is 18.0 Å². The highest BCUT2D eigenvalue weighted by Crippen LogP contribution is 2.34. The molecule has 1 aromatic heterocycles. The standard InChI is InChI=1S/C26H22F3N3O2S/c1-17-6-10-20(11-7-17)31-24(33)16-35-25-30-15-23(18-8-12-22(34-2)13-9-18)32(25)21-5-3-4-19(14-21)26(27,28)29/h3-15H,16H2,1-2H3,(H,31,33). The molecule has 0 unspecified atom stereocenters. The molecule has 0 radical (unpaired) electrons. The van der Waals surface area contributed by atoms with E-state index in [1.54, 1.807) is 48.2 Å². The van der Waals surface area contributed by atoms with E-state index in [-0.39, 0.29) is 11.7 Å². The lowest BCUT2D eigenvalue weighted by Gasteiger charge is -2.15. The molecule has 1 heterocycles. The molecule has 1 amide bonds. The lowest BCUT2D eigenvalue weighted by atomic mass is 10.1. The number of ether oxygens (including phenoxy) is 1. The van der Waals surface area contributed by atoms with E-state index >= 15 is 0 Å². The summed E-state index contributed by atoms with van der Waals surface area (Å²) in [5, 5.41) is 3.22. The van der Waals surface area contributed by atoms with Crippen molar-refractivity contribution >= 4 is 23.4 Å². The number of alkyl halides is 3. The molecule has 0 aliphatic heterocycles. The zero-order chi connectivity index (χ0) is 25.0. The third-order valence-corrected chi connectivity index (χ3v) is 6.17. The molecule has 1 N–H and O–H groups in total. The highest BCUT2D eigenvalue weighted by Gasteiger charge is 2.31. The Kier molecular flexibility index (Phi) is 7.16. The maximum atomic E-state index is 13.4. The summed E-state index contributed by atoms with van der Waals surface area (Å²) in [6.45, 7) is 1.95. The summed E-state index contributed by atoms with van der Waals surface area (Å²) in [6.07, 6.45) is -2.90. The Morgan fingerprint density at radius 3 is 2.43 bits per heavy atom. The van der Waals surface area contributed by atoms with Gasteiger partial charge in [0.2, 0.25) is 5.91 Å². The van der Waals surface area contributed by atoms with Gasteiger partial charge in [-0.15, -0.1) is 0 Å². The molecule has 0 atom stereocenters. The van der Waals surface area contributed by atoms with Gasteiger partial charge in [-0.2, -0.15) is 13.2 Å². The van der Waals surface area contributed by atoms with Crippen molar-refractivity contribution in [2.75, 3.05) is 18.2 Å². The molecule has 5 nitrogen and oxygen atoms in total. The number of hydrogen-bond donors (Lipinski definition) is 1. The Hall–Kier alpha value is -3.72. The first-order valence-corrected chi connectivity index (χ1v) is 11.6. The van der Waals surface area contributed by atoms with Crippen LogP contribution in [0.2, 0.25) is 0 Å².